The average molecular weight is 303 g/mol. The Hall–Kier alpha value is -1.71. The number of hydrogen-bond acceptors (Lipinski definition) is 5. The van der Waals surface area contributed by atoms with Crippen LogP contribution in [0.5, 0.6) is 0 Å². The van der Waals surface area contributed by atoms with Crippen LogP contribution in [0.3, 0.4) is 0 Å². The molecule has 21 heavy (non-hydrogen) atoms. The van der Waals surface area contributed by atoms with Crippen molar-refractivity contribution in [2.45, 2.75) is 38.6 Å². The van der Waals surface area contributed by atoms with E-state index in [4.69, 9.17) is 10.00 Å². The normalized spacial score (nSPS) is 14.1. The molecular weight excluding hydrogens is 286 g/mol. The van der Waals surface area contributed by atoms with E-state index in [0.717, 1.165) is 29.5 Å². The van der Waals surface area contributed by atoms with Gasteiger partial charge in [0.05, 0.1) is 18.1 Å². The molecule has 3 rings (SSSR count). The molecule has 2 heterocycles. The Kier molecular flexibility index (Phi) is 4.04. The van der Waals surface area contributed by atoms with E-state index in [2.05, 4.69) is 11.1 Å². The summed E-state index contributed by atoms with van der Waals surface area (Å²) in [5, 5.41) is 9.73. The standard InChI is InChI=1S/C15H17N3O2S/c1-20-9-6-12-17-14-13(15(19)18(12)8-7-16)10-4-2-3-5-11(10)21-14/h2-6,8-9H2,1H3. The maximum absolute atomic E-state index is 12.8. The summed E-state index contributed by atoms with van der Waals surface area (Å²) in [7, 11) is 1.62. The third kappa shape index (κ3) is 2.47. The summed E-state index contributed by atoms with van der Waals surface area (Å²) in [5.74, 6) is 0.648. The molecule has 0 saturated carbocycles. The highest BCUT2D eigenvalue weighted by Crippen LogP contribution is 2.33. The molecule has 1 aliphatic rings. The Balaban J connectivity index is 2.22. The lowest BCUT2D eigenvalue weighted by Gasteiger charge is -2.11. The van der Waals surface area contributed by atoms with Crippen LogP contribution in [-0.4, -0.2) is 23.3 Å². The summed E-state index contributed by atoms with van der Waals surface area (Å²) in [4.78, 5) is 19.5. The fourth-order valence-electron chi connectivity index (χ4n) is 2.90. The number of methoxy groups -OCH3 is 1. The summed E-state index contributed by atoms with van der Waals surface area (Å²) in [6, 6.07) is 2.06. The zero-order valence-electron chi connectivity index (χ0n) is 12.0. The van der Waals surface area contributed by atoms with Crippen molar-refractivity contribution in [3.8, 4) is 6.07 Å². The van der Waals surface area contributed by atoms with Crippen LogP contribution in [0.1, 0.15) is 29.1 Å². The van der Waals surface area contributed by atoms with Gasteiger partial charge in [-0.05, 0) is 31.2 Å². The van der Waals surface area contributed by atoms with Gasteiger partial charge in [0.15, 0.2) is 0 Å². The Bertz CT molecular complexity index is 770. The molecule has 0 aliphatic heterocycles. The highest BCUT2D eigenvalue weighted by molar-refractivity contribution is 7.18. The lowest BCUT2D eigenvalue weighted by Crippen LogP contribution is -2.26. The highest BCUT2D eigenvalue weighted by Gasteiger charge is 2.21. The van der Waals surface area contributed by atoms with Gasteiger partial charge in [-0.15, -0.1) is 11.3 Å². The Morgan fingerprint density at radius 2 is 2.24 bits per heavy atom. The van der Waals surface area contributed by atoms with Crippen LogP contribution in [0.2, 0.25) is 0 Å². The van der Waals surface area contributed by atoms with E-state index in [1.165, 1.54) is 21.4 Å². The number of thiophene rings is 1. The van der Waals surface area contributed by atoms with Gasteiger partial charge in [0.25, 0.3) is 5.56 Å². The van der Waals surface area contributed by atoms with Crippen LogP contribution in [0.15, 0.2) is 4.79 Å². The van der Waals surface area contributed by atoms with Crippen molar-refractivity contribution < 1.29 is 4.74 Å². The number of nitrogens with zero attached hydrogens (tertiary/aromatic N) is 3. The van der Waals surface area contributed by atoms with Crippen molar-refractivity contribution in [1.29, 1.82) is 5.26 Å². The Morgan fingerprint density at radius 3 is 3.00 bits per heavy atom. The van der Waals surface area contributed by atoms with E-state index >= 15 is 0 Å². The molecule has 5 nitrogen and oxygen atoms in total. The van der Waals surface area contributed by atoms with E-state index in [1.54, 1.807) is 18.4 Å². The fourth-order valence-corrected chi connectivity index (χ4v) is 4.17. The van der Waals surface area contributed by atoms with Gasteiger partial charge >= 0.3 is 0 Å². The molecule has 110 valence electrons. The number of nitriles is 1. The summed E-state index contributed by atoms with van der Waals surface area (Å²) >= 11 is 1.64. The topological polar surface area (TPSA) is 67.9 Å². The number of rotatable bonds is 4. The van der Waals surface area contributed by atoms with Crippen molar-refractivity contribution >= 4 is 21.6 Å². The monoisotopic (exact) mass is 303 g/mol. The van der Waals surface area contributed by atoms with Gasteiger partial charge in [0.2, 0.25) is 0 Å². The van der Waals surface area contributed by atoms with Crippen LogP contribution in [-0.2, 0) is 30.5 Å². The molecule has 0 amide bonds. The quantitative estimate of drug-likeness (QED) is 0.867. The van der Waals surface area contributed by atoms with Gasteiger partial charge in [-0.3, -0.25) is 9.36 Å². The Morgan fingerprint density at radius 1 is 1.43 bits per heavy atom. The first-order chi connectivity index (χ1) is 10.3. The van der Waals surface area contributed by atoms with Gasteiger partial charge in [-0.2, -0.15) is 5.26 Å². The molecule has 0 spiro atoms. The molecule has 0 unspecified atom stereocenters. The minimum Gasteiger partial charge on any atom is -0.384 e. The van der Waals surface area contributed by atoms with Crippen molar-refractivity contribution in [3.63, 3.8) is 0 Å². The molecular formula is C15H17N3O2S. The van der Waals surface area contributed by atoms with Gasteiger partial charge in [0.1, 0.15) is 17.2 Å². The van der Waals surface area contributed by atoms with Crippen molar-refractivity contribution in [2.75, 3.05) is 13.7 Å². The van der Waals surface area contributed by atoms with E-state index in [-0.39, 0.29) is 12.1 Å². The number of hydrogen-bond donors (Lipinski definition) is 0. The molecule has 0 fully saturated rings. The zero-order chi connectivity index (χ0) is 14.8. The predicted molar refractivity (Wildman–Crippen MR) is 81.7 cm³/mol. The number of ether oxygens (including phenoxy) is 1. The fraction of sp³-hybridized carbons (Fsp3) is 0.533. The molecule has 0 aromatic carbocycles. The van der Waals surface area contributed by atoms with E-state index in [0.29, 0.717) is 18.9 Å². The van der Waals surface area contributed by atoms with Crippen LogP contribution in [0.25, 0.3) is 10.2 Å². The summed E-state index contributed by atoms with van der Waals surface area (Å²) in [5.41, 5.74) is 1.11. The molecule has 0 radical (unpaired) electrons. The molecule has 0 saturated heterocycles. The number of aryl methyl sites for hydroxylation is 2. The minimum atomic E-state index is -0.0629. The smallest absolute Gasteiger partial charge is 0.263 e. The maximum Gasteiger partial charge on any atom is 0.263 e. The maximum atomic E-state index is 12.8. The predicted octanol–water partition coefficient (Wildman–Crippen LogP) is 2.05. The third-order valence-corrected chi connectivity index (χ3v) is 5.10. The lowest BCUT2D eigenvalue weighted by atomic mass is 9.97. The molecule has 2 aromatic heterocycles. The molecule has 6 heteroatoms. The van der Waals surface area contributed by atoms with Crippen LogP contribution in [0, 0.1) is 11.3 Å². The van der Waals surface area contributed by atoms with Crippen LogP contribution < -0.4 is 5.56 Å². The largest absolute Gasteiger partial charge is 0.384 e. The number of aromatic nitrogens is 2. The first kappa shape index (κ1) is 14.2. The van der Waals surface area contributed by atoms with Crippen molar-refractivity contribution in [3.05, 3.63) is 26.6 Å². The third-order valence-electron chi connectivity index (χ3n) is 3.91. The van der Waals surface area contributed by atoms with Crippen molar-refractivity contribution in [1.82, 2.24) is 9.55 Å². The average Bonchev–Trinajstić information content (AvgIpc) is 2.86. The van der Waals surface area contributed by atoms with Gasteiger partial charge < -0.3 is 4.74 Å². The summed E-state index contributed by atoms with van der Waals surface area (Å²) in [6.45, 7) is 0.542. The van der Waals surface area contributed by atoms with Crippen LogP contribution in [0.4, 0.5) is 0 Å². The molecule has 2 aromatic rings. The summed E-state index contributed by atoms with van der Waals surface area (Å²) in [6.07, 6.45) is 4.86. The van der Waals surface area contributed by atoms with Gasteiger partial charge in [-0.1, -0.05) is 0 Å². The molecule has 0 bridgehead atoms. The van der Waals surface area contributed by atoms with Gasteiger partial charge in [0, 0.05) is 18.4 Å². The Labute approximate surface area is 126 Å². The molecule has 0 N–H and O–H groups in total. The lowest BCUT2D eigenvalue weighted by molar-refractivity contribution is 0.199. The summed E-state index contributed by atoms with van der Waals surface area (Å²) < 4.78 is 6.58. The van der Waals surface area contributed by atoms with E-state index in [9.17, 15) is 4.79 Å². The first-order valence-corrected chi connectivity index (χ1v) is 7.97. The van der Waals surface area contributed by atoms with E-state index in [1.807, 2.05) is 0 Å². The molecule has 1 aliphatic carbocycles. The second-order valence-electron chi connectivity index (χ2n) is 5.21. The highest BCUT2D eigenvalue weighted by atomic mass is 32.1. The van der Waals surface area contributed by atoms with Gasteiger partial charge in [-0.25, -0.2) is 4.98 Å². The second kappa shape index (κ2) is 5.96. The SMILES string of the molecule is COCCc1nc2sc3c(c2c(=O)n1CC#N)CCCC3. The first-order valence-electron chi connectivity index (χ1n) is 7.16. The number of fused-ring (bicyclic) bond motifs is 3. The van der Waals surface area contributed by atoms with E-state index < -0.39 is 0 Å². The minimum absolute atomic E-state index is 0.0471. The molecule has 0 atom stereocenters. The second-order valence-corrected chi connectivity index (χ2v) is 6.29. The van der Waals surface area contributed by atoms with Crippen molar-refractivity contribution in [2.24, 2.45) is 0 Å². The van der Waals surface area contributed by atoms with Crippen LogP contribution >= 0.6 is 11.3 Å². The zero-order valence-corrected chi connectivity index (χ0v) is 12.8.